The number of pyridine rings is 1. The number of thiazole rings is 1. The first-order chi connectivity index (χ1) is 11.6. The predicted molar refractivity (Wildman–Crippen MR) is 94.3 cm³/mol. The molecule has 4 rings (SSSR count). The highest BCUT2D eigenvalue weighted by atomic mass is 32.2. The molecule has 0 aliphatic rings. The molecule has 3 aromatic heterocycles. The molecule has 6 nitrogen and oxygen atoms in total. The molecule has 122 valence electrons. The summed E-state index contributed by atoms with van der Waals surface area (Å²) in [4.78, 5) is 8.93. The molecule has 1 unspecified atom stereocenters. The van der Waals surface area contributed by atoms with Crippen LogP contribution >= 0.6 is 11.3 Å². The topological polar surface area (TPSA) is 89.5 Å². The van der Waals surface area contributed by atoms with E-state index >= 15 is 0 Å². The number of nitrogens with zero attached hydrogens (tertiary/aromatic N) is 3. The Labute approximate surface area is 143 Å². The van der Waals surface area contributed by atoms with Crippen LogP contribution in [0.1, 0.15) is 0 Å². The lowest BCUT2D eigenvalue weighted by Gasteiger charge is -2.12. The fourth-order valence-electron chi connectivity index (χ4n) is 2.65. The fraction of sp³-hybridized carbons (Fsp3) is 0.133. The van der Waals surface area contributed by atoms with Gasteiger partial charge in [-0.05, 0) is 17.2 Å². The molecule has 1 aromatic carbocycles. The summed E-state index contributed by atoms with van der Waals surface area (Å²) in [5.41, 5.74) is 2.34. The maximum absolute atomic E-state index is 14.5. The van der Waals surface area contributed by atoms with E-state index in [0.717, 1.165) is 15.3 Å². The Morgan fingerprint density at radius 2 is 2.17 bits per heavy atom. The second kappa shape index (κ2) is 5.69. The zero-order valence-corrected chi connectivity index (χ0v) is 14.4. The summed E-state index contributed by atoms with van der Waals surface area (Å²) >= 11 is -0.0273. The van der Waals surface area contributed by atoms with Gasteiger partial charge in [-0.3, -0.25) is 10.1 Å². The van der Waals surface area contributed by atoms with Crippen molar-refractivity contribution in [3.05, 3.63) is 30.3 Å². The Kier molecular flexibility index (Phi) is 3.63. The minimum absolute atomic E-state index is 0.133. The minimum atomic E-state index is -1.50. The van der Waals surface area contributed by atoms with Crippen molar-refractivity contribution in [2.75, 3.05) is 18.6 Å². The Hall–Kier alpha value is -2.23. The lowest BCUT2D eigenvalue weighted by atomic mass is 10.1. The van der Waals surface area contributed by atoms with E-state index in [1.165, 1.54) is 23.7 Å². The third-order valence-corrected chi connectivity index (χ3v) is 5.70. The Morgan fingerprint density at radius 3 is 2.92 bits per heavy atom. The SMILES string of the molecule is CNc1nc2cnc(-c3c([S+](C)[O-])c(F)cc4[nH]ncc34)cc2s1. The van der Waals surface area contributed by atoms with Gasteiger partial charge in [-0.15, -0.1) is 0 Å². The number of hydrogen-bond acceptors (Lipinski definition) is 6. The standard InChI is InChI=1S/C15H12FN5OS2/c1-17-15-20-11-6-18-10(4-12(11)23-15)13-7-5-19-21-9(7)3-8(16)14(13)24(2)22/h3-6H,1-2H3,(H,17,20)(H,19,21). The van der Waals surface area contributed by atoms with Gasteiger partial charge in [0.1, 0.15) is 11.8 Å². The maximum atomic E-state index is 14.5. The number of nitrogens with one attached hydrogen (secondary N) is 2. The quantitative estimate of drug-likeness (QED) is 0.547. The van der Waals surface area contributed by atoms with Crippen LogP contribution in [0.15, 0.2) is 29.4 Å². The van der Waals surface area contributed by atoms with E-state index in [9.17, 15) is 8.94 Å². The number of rotatable bonds is 3. The summed E-state index contributed by atoms with van der Waals surface area (Å²) in [5.74, 6) is -0.537. The lowest BCUT2D eigenvalue weighted by Crippen LogP contribution is -2.05. The molecule has 4 aromatic rings. The minimum Gasteiger partial charge on any atom is -0.612 e. The van der Waals surface area contributed by atoms with Crippen molar-refractivity contribution in [2.45, 2.75) is 4.90 Å². The van der Waals surface area contributed by atoms with Crippen LogP contribution in [0.4, 0.5) is 9.52 Å². The van der Waals surface area contributed by atoms with Gasteiger partial charge in [-0.25, -0.2) is 9.37 Å². The summed E-state index contributed by atoms with van der Waals surface area (Å²) < 4.78 is 27.5. The molecule has 0 spiro atoms. The van der Waals surface area contributed by atoms with Crippen molar-refractivity contribution in [1.29, 1.82) is 0 Å². The Bertz CT molecular complexity index is 1060. The molecule has 9 heteroatoms. The number of hydrogen-bond donors (Lipinski definition) is 2. The molecule has 0 saturated carbocycles. The third kappa shape index (κ3) is 2.32. The number of aromatic amines is 1. The van der Waals surface area contributed by atoms with Crippen molar-refractivity contribution in [2.24, 2.45) is 0 Å². The zero-order chi connectivity index (χ0) is 16.8. The van der Waals surface area contributed by atoms with Crippen molar-refractivity contribution < 1.29 is 8.94 Å². The zero-order valence-electron chi connectivity index (χ0n) is 12.8. The number of fused-ring (bicyclic) bond motifs is 2. The van der Waals surface area contributed by atoms with Crippen LogP contribution in [-0.4, -0.2) is 38.0 Å². The first-order valence-corrected chi connectivity index (χ1v) is 9.39. The Balaban J connectivity index is 2.04. The molecule has 0 radical (unpaired) electrons. The molecule has 0 saturated heterocycles. The first kappa shape index (κ1) is 15.3. The lowest BCUT2D eigenvalue weighted by molar-refractivity contribution is 0.572. The molecular weight excluding hydrogens is 349 g/mol. The molecule has 0 amide bonds. The highest BCUT2D eigenvalue weighted by Crippen LogP contribution is 2.37. The summed E-state index contributed by atoms with van der Waals surface area (Å²) in [6, 6.07) is 3.15. The summed E-state index contributed by atoms with van der Waals surface area (Å²) in [5, 5.41) is 11.2. The van der Waals surface area contributed by atoms with Crippen molar-refractivity contribution >= 4 is 48.8 Å². The van der Waals surface area contributed by atoms with Crippen LogP contribution in [0.5, 0.6) is 0 Å². The maximum Gasteiger partial charge on any atom is 0.198 e. The van der Waals surface area contributed by atoms with Gasteiger partial charge in [0.05, 0.1) is 33.9 Å². The van der Waals surface area contributed by atoms with Crippen molar-refractivity contribution in [3.63, 3.8) is 0 Å². The van der Waals surface area contributed by atoms with E-state index < -0.39 is 17.0 Å². The average molecular weight is 361 g/mol. The van der Waals surface area contributed by atoms with E-state index in [4.69, 9.17) is 0 Å². The normalized spacial score (nSPS) is 12.8. The van der Waals surface area contributed by atoms with Crippen LogP contribution in [0.2, 0.25) is 0 Å². The number of benzene rings is 1. The van der Waals surface area contributed by atoms with Gasteiger partial charge in [-0.2, -0.15) is 5.10 Å². The van der Waals surface area contributed by atoms with Crippen LogP contribution < -0.4 is 5.32 Å². The van der Waals surface area contributed by atoms with Crippen molar-refractivity contribution in [3.8, 4) is 11.3 Å². The van der Waals surface area contributed by atoms with Crippen LogP contribution in [0.25, 0.3) is 32.4 Å². The molecule has 0 fully saturated rings. The smallest absolute Gasteiger partial charge is 0.198 e. The van der Waals surface area contributed by atoms with Gasteiger partial charge in [0, 0.05) is 18.5 Å². The highest BCUT2D eigenvalue weighted by molar-refractivity contribution is 7.90. The average Bonchev–Trinajstić information content (AvgIpc) is 3.18. The van der Waals surface area contributed by atoms with E-state index in [1.807, 2.05) is 6.07 Å². The molecule has 24 heavy (non-hydrogen) atoms. The van der Waals surface area contributed by atoms with Gasteiger partial charge in [-0.1, -0.05) is 11.3 Å². The monoisotopic (exact) mass is 361 g/mol. The van der Waals surface area contributed by atoms with Gasteiger partial charge < -0.3 is 9.87 Å². The van der Waals surface area contributed by atoms with Gasteiger partial charge >= 0.3 is 0 Å². The van der Waals surface area contributed by atoms with Crippen LogP contribution in [0.3, 0.4) is 0 Å². The van der Waals surface area contributed by atoms with E-state index in [0.29, 0.717) is 22.2 Å². The van der Waals surface area contributed by atoms with E-state index in [1.54, 1.807) is 19.4 Å². The molecule has 3 heterocycles. The molecule has 2 N–H and O–H groups in total. The molecular formula is C15H12FN5OS2. The first-order valence-electron chi connectivity index (χ1n) is 7.02. The summed E-state index contributed by atoms with van der Waals surface area (Å²) in [6.45, 7) is 0. The van der Waals surface area contributed by atoms with Gasteiger partial charge in [0.15, 0.2) is 15.8 Å². The largest absolute Gasteiger partial charge is 0.612 e. The van der Waals surface area contributed by atoms with Crippen molar-refractivity contribution in [1.82, 2.24) is 20.2 Å². The second-order valence-electron chi connectivity index (χ2n) is 5.15. The summed E-state index contributed by atoms with van der Waals surface area (Å²) in [7, 11) is 1.80. The van der Waals surface area contributed by atoms with Crippen LogP contribution in [-0.2, 0) is 11.2 Å². The second-order valence-corrected chi connectivity index (χ2v) is 7.50. The number of aromatic nitrogens is 4. The number of halogens is 1. The molecule has 0 aliphatic heterocycles. The highest BCUT2D eigenvalue weighted by Gasteiger charge is 2.25. The Morgan fingerprint density at radius 1 is 1.33 bits per heavy atom. The predicted octanol–water partition coefficient (Wildman–Crippen LogP) is 3.15. The molecule has 0 aliphatic carbocycles. The number of anilines is 1. The fourth-order valence-corrected chi connectivity index (χ4v) is 4.31. The molecule has 1 atom stereocenters. The number of H-pyrrole nitrogens is 1. The molecule has 0 bridgehead atoms. The van der Waals surface area contributed by atoms with Gasteiger partial charge in [0.2, 0.25) is 0 Å². The van der Waals surface area contributed by atoms with Crippen LogP contribution in [0, 0.1) is 5.82 Å². The van der Waals surface area contributed by atoms with E-state index in [-0.39, 0.29) is 4.90 Å². The van der Waals surface area contributed by atoms with Gasteiger partial charge in [0.25, 0.3) is 0 Å². The third-order valence-electron chi connectivity index (χ3n) is 3.69. The summed E-state index contributed by atoms with van der Waals surface area (Å²) in [6.07, 6.45) is 4.69. The van der Waals surface area contributed by atoms with E-state index in [2.05, 4.69) is 25.5 Å².